The summed E-state index contributed by atoms with van der Waals surface area (Å²) >= 11 is 1.52. The molecule has 134 valence electrons. The van der Waals surface area contributed by atoms with Crippen LogP contribution in [0.1, 0.15) is 23.2 Å². The van der Waals surface area contributed by atoms with Gasteiger partial charge in [-0.2, -0.15) is 4.80 Å². The van der Waals surface area contributed by atoms with Crippen molar-refractivity contribution in [2.75, 3.05) is 6.54 Å². The minimum atomic E-state index is -0.721. The number of amides is 1. The van der Waals surface area contributed by atoms with Crippen LogP contribution in [0.4, 0.5) is 8.78 Å². The third kappa shape index (κ3) is 3.22. The lowest BCUT2D eigenvalue weighted by Gasteiger charge is -2.24. The van der Waals surface area contributed by atoms with Gasteiger partial charge in [-0.1, -0.05) is 6.07 Å². The summed E-state index contributed by atoms with van der Waals surface area (Å²) in [5.74, 6) is -1.33. The number of benzene rings is 1. The second kappa shape index (κ2) is 6.91. The smallest absolute Gasteiger partial charge is 0.257 e. The summed E-state index contributed by atoms with van der Waals surface area (Å²) in [5, 5.41) is 14.4. The zero-order valence-electron chi connectivity index (χ0n) is 13.7. The van der Waals surface area contributed by atoms with Gasteiger partial charge >= 0.3 is 0 Å². The molecule has 1 aliphatic heterocycles. The molecule has 26 heavy (non-hydrogen) atoms. The first kappa shape index (κ1) is 16.8. The van der Waals surface area contributed by atoms with E-state index in [0.717, 1.165) is 35.9 Å². The van der Waals surface area contributed by atoms with Gasteiger partial charge < -0.3 is 4.90 Å². The lowest BCUT2D eigenvalue weighted by molar-refractivity contribution is 0.0712. The fraction of sp³-hybridized carbons (Fsp3) is 0.294. The Morgan fingerprint density at radius 1 is 1.31 bits per heavy atom. The number of thiophene rings is 1. The number of rotatable bonds is 4. The maximum atomic E-state index is 13.9. The number of nitrogens with zero attached hydrogens (tertiary/aromatic N) is 5. The minimum Gasteiger partial charge on any atom is -0.334 e. The molecule has 0 aliphatic carbocycles. The summed E-state index contributed by atoms with van der Waals surface area (Å²) in [4.78, 5) is 16.6. The average Bonchev–Trinajstić information content (AvgIpc) is 3.37. The molecule has 2 aromatic heterocycles. The van der Waals surface area contributed by atoms with Crippen LogP contribution in [0, 0.1) is 11.6 Å². The van der Waals surface area contributed by atoms with Gasteiger partial charge in [0.2, 0.25) is 5.82 Å². The first-order chi connectivity index (χ1) is 12.6. The maximum absolute atomic E-state index is 13.9. The van der Waals surface area contributed by atoms with Gasteiger partial charge in [-0.3, -0.25) is 4.79 Å². The molecule has 0 unspecified atom stereocenters. The van der Waals surface area contributed by atoms with Crippen LogP contribution in [0.15, 0.2) is 35.7 Å². The molecule has 1 aromatic carbocycles. The van der Waals surface area contributed by atoms with E-state index in [4.69, 9.17) is 0 Å². The van der Waals surface area contributed by atoms with E-state index in [0.29, 0.717) is 18.9 Å². The Bertz CT molecular complexity index is 927. The molecular weight excluding hydrogens is 360 g/mol. The number of carbonyl (C=O) groups excluding carboxylic acids is 1. The van der Waals surface area contributed by atoms with E-state index in [2.05, 4.69) is 15.4 Å². The minimum absolute atomic E-state index is 0.185. The molecule has 9 heteroatoms. The second-order valence-corrected chi connectivity index (χ2v) is 7.01. The van der Waals surface area contributed by atoms with Crippen molar-refractivity contribution >= 4 is 17.2 Å². The highest BCUT2D eigenvalue weighted by Gasteiger charge is 2.31. The number of tetrazole rings is 1. The van der Waals surface area contributed by atoms with Gasteiger partial charge in [0.05, 0.1) is 23.0 Å². The summed E-state index contributed by atoms with van der Waals surface area (Å²) in [6.07, 6.45) is 1.54. The number of likely N-dealkylation sites (tertiary alicyclic amines) is 1. The van der Waals surface area contributed by atoms with Crippen LogP contribution >= 0.6 is 11.3 Å². The first-order valence-electron chi connectivity index (χ1n) is 8.19. The predicted molar refractivity (Wildman–Crippen MR) is 91.5 cm³/mol. The zero-order valence-corrected chi connectivity index (χ0v) is 14.5. The highest BCUT2D eigenvalue weighted by atomic mass is 32.1. The van der Waals surface area contributed by atoms with E-state index in [9.17, 15) is 13.6 Å². The van der Waals surface area contributed by atoms with E-state index in [1.54, 1.807) is 4.90 Å². The van der Waals surface area contributed by atoms with Crippen molar-refractivity contribution in [1.29, 1.82) is 0 Å². The van der Waals surface area contributed by atoms with Crippen LogP contribution in [-0.4, -0.2) is 43.6 Å². The molecule has 0 N–H and O–H groups in total. The normalized spacial score (nSPS) is 17.0. The molecule has 0 saturated carbocycles. The highest BCUT2D eigenvalue weighted by Crippen LogP contribution is 2.24. The molecular formula is C17H15F2N5OS. The van der Waals surface area contributed by atoms with Gasteiger partial charge in [0, 0.05) is 6.54 Å². The molecule has 1 saturated heterocycles. The van der Waals surface area contributed by atoms with Crippen molar-refractivity contribution in [3.63, 3.8) is 0 Å². The molecule has 0 radical (unpaired) electrons. The van der Waals surface area contributed by atoms with Crippen LogP contribution in [0.25, 0.3) is 10.7 Å². The fourth-order valence-corrected chi connectivity index (χ4v) is 3.77. The standard InChI is InChI=1S/C17H15F2N5OS/c18-11-5-6-14(19)13(9-11)17(25)23-7-1-3-12(23)10-24-21-16(20-22-24)15-4-2-8-26-15/h2,4-6,8-9,12H,1,3,7,10H2/t12-/m1/s1. The van der Waals surface area contributed by atoms with Crippen molar-refractivity contribution in [1.82, 2.24) is 25.1 Å². The van der Waals surface area contributed by atoms with Crippen molar-refractivity contribution in [3.05, 3.63) is 52.9 Å². The first-order valence-corrected chi connectivity index (χ1v) is 9.07. The third-order valence-electron chi connectivity index (χ3n) is 4.37. The van der Waals surface area contributed by atoms with E-state index in [1.165, 1.54) is 16.1 Å². The Morgan fingerprint density at radius 2 is 2.19 bits per heavy atom. The maximum Gasteiger partial charge on any atom is 0.257 e. The molecule has 0 spiro atoms. The zero-order chi connectivity index (χ0) is 18.1. The Labute approximate surface area is 152 Å². The Hall–Kier alpha value is -2.68. The van der Waals surface area contributed by atoms with Crippen LogP contribution < -0.4 is 0 Å². The summed E-state index contributed by atoms with van der Waals surface area (Å²) < 4.78 is 27.3. The monoisotopic (exact) mass is 375 g/mol. The summed E-state index contributed by atoms with van der Waals surface area (Å²) in [6.45, 7) is 0.854. The molecule has 3 heterocycles. The second-order valence-electron chi connectivity index (χ2n) is 6.06. The van der Waals surface area contributed by atoms with Crippen LogP contribution in [0.2, 0.25) is 0 Å². The Balaban J connectivity index is 1.52. The molecule has 1 amide bonds. The molecule has 6 nitrogen and oxygen atoms in total. The quantitative estimate of drug-likeness (QED) is 0.703. The van der Waals surface area contributed by atoms with E-state index in [-0.39, 0.29) is 11.6 Å². The van der Waals surface area contributed by atoms with E-state index < -0.39 is 17.5 Å². The topological polar surface area (TPSA) is 63.9 Å². The lowest BCUT2D eigenvalue weighted by Crippen LogP contribution is -2.39. The summed E-state index contributed by atoms with van der Waals surface area (Å²) in [6, 6.07) is 6.54. The fourth-order valence-electron chi connectivity index (χ4n) is 3.12. The van der Waals surface area contributed by atoms with Gasteiger partial charge in [-0.25, -0.2) is 8.78 Å². The van der Waals surface area contributed by atoms with Crippen LogP contribution in [-0.2, 0) is 6.54 Å². The van der Waals surface area contributed by atoms with Crippen molar-refractivity contribution in [3.8, 4) is 10.7 Å². The largest absolute Gasteiger partial charge is 0.334 e. The van der Waals surface area contributed by atoms with Gasteiger partial charge in [0.15, 0.2) is 0 Å². The number of hydrogen-bond acceptors (Lipinski definition) is 5. The molecule has 1 aliphatic rings. The average molecular weight is 375 g/mol. The van der Waals surface area contributed by atoms with Gasteiger partial charge in [-0.05, 0) is 47.7 Å². The third-order valence-corrected chi connectivity index (χ3v) is 5.23. The summed E-state index contributed by atoms with van der Waals surface area (Å²) in [5.41, 5.74) is -0.247. The van der Waals surface area contributed by atoms with Crippen molar-refractivity contribution < 1.29 is 13.6 Å². The number of aromatic nitrogens is 4. The SMILES string of the molecule is O=C(c1cc(F)ccc1F)N1CCC[C@@H]1Cn1nnc(-c2cccs2)n1. The molecule has 3 aromatic rings. The number of halogens is 2. The number of carbonyl (C=O) groups is 1. The van der Waals surface area contributed by atoms with Gasteiger partial charge in [0.1, 0.15) is 11.6 Å². The van der Waals surface area contributed by atoms with Crippen LogP contribution in [0.5, 0.6) is 0 Å². The summed E-state index contributed by atoms with van der Waals surface area (Å²) in [7, 11) is 0. The van der Waals surface area contributed by atoms with Crippen molar-refractivity contribution in [2.45, 2.75) is 25.4 Å². The van der Waals surface area contributed by atoms with Gasteiger partial charge in [0.25, 0.3) is 5.91 Å². The van der Waals surface area contributed by atoms with Gasteiger partial charge in [-0.15, -0.1) is 21.5 Å². The van der Waals surface area contributed by atoms with Crippen LogP contribution in [0.3, 0.4) is 0 Å². The van der Waals surface area contributed by atoms with E-state index in [1.807, 2.05) is 17.5 Å². The predicted octanol–water partition coefficient (Wildman–Crippen LogP) is 2.98. The number of hydrogen-bond donors (Lipinski definition) is 0. The Morgan fingerprint density at radius 3 is 3.00 bits per heavy atom. The Kier molecular flexibility index (Phi) is 4.46. The molecule has 1 fully saturated rings. The van der Waals surface area contributed by atoms with E-state index >= 15 is 0 Å². The highest BCUT2D eigenvalue weighted by molar-refractivity contribution is 7.13. The molecule has 0 bridgehead atoms. The lowest BCUT2D eigenvalue weighted by atomic mass is 10.1. The van der Waals surface area contributed by atoms with Crippen molar-refractivity contribution in [2.24, 2.45) is 0 Å². The molecule has 1 atom stereocenters. The molecule has 4 rings (SSSR count).